The van der Waals surface area contributed by atoms with Crippen molar-refractivity contribution < 1.29 is 9.34 Å². The molecule has 0 aliphatic heterocycles. The molecule has 0 N–H and O–H groups in total. The van der Waals surface area contributed by atoms with E-state index in [0.717, 1.165) is 0 Å². The van der Waals surface area contributed by atoms with E-state index in [4.69, 9.17) is 9.68 Å². The number of hydrogen-bond acceptors (Lipinski definition) is 6. The van der Waals surface area contributed by atoms with Crippen LogP contribution in [-0.2, 0) is 0 Å². The number of anilines is 1. The van der Waals surface area contributed by atoms with Crippen molar-refractivity contribution >= 4 is 11.6 Å². The van der Waals surface area contributed by atoms with Gasteiger partial charge >= 0.3 is 0 Å². The van der Waals surface area contributed by atoms with E-state index in [-0.39, 0.29) is 22.8 Å². The highest BCUT2D eigenvalue weighted by molar-refractivity contribution is 5.68. The van der Waals surface area contributed by atoms with Gasteiger partial charge in [0.25, 0.3) is 5.69 Å². The summed E-state index contributed by atoms with van der Waals surface area (Å²) in [4.78, 5) is 16.5. The Morgan fingerprint density at radius 3 is 2.62 bits per heavy atom. The second-order valence-electron chi connectivity index (χ2n) is 4.23. The lowest BCUT2D eigenvalue weighted by molar-refractivity contribution is -0.384. The summed E-state index contributed by atoms with van der Waals surface area (Å²) < 4.78 is 5.61. The number of rotatable bonds is 5. The van der Waals surface area contributed by atoms with Gasteiger partial charge in [-0.05, 0) is 19.9 Å². The lowest BCUT2D eigenvalue weighted by atomic mass is 10.2. The fourth-order valence-corrected chi connectivity index (χ4v) is 2.04. The highest BCUT2D eigenvalue weighted by atomic mass is 16.6. The third-order valence-electron chi connectivity index (χ3n) is 3.10. The Morgan fingerprint density at radius 1 is 1.38 bits per heavy atom. The normalized spacial score (nSPS) is 10.1. The zero-order valence-electron chi connectivity index (χ0n) is 11.7. The first kappa shape index (κ1) is 14.5. The average molecular weight is 286 g/mol. The van der Waals surface area contributed by atoms with Crippen LogP contribution in [0.15, 0.2) is 28.7 Å². The molecule has 0 fully saturated rings. The van der Waals surface area contributed by atoms with Crippen molar-refractivity contribution in [3.63, 3.8) is 0 Å². The molecule has 0 unspecified atom stereocenters. The van der Waals surface area contributed by atoms with Gasteiger partial charge in [0.2, 0.25) is 17.5 Å². The molecule has 0 aliphatic rings. The van der Waals surface area contributed by atoms with Crippen LogP contribution in [0, 0.1) is 21.4 Å². The van der Waals surface area contributed by atoms with Gasteiger partial charge < -0.3 is 9.32 Å². The summed E-state index contributed by atoms with van der Waals surface area (Å²) in [7, 11) is 0. The number of para-hydroxylation sites is 1. The Labute approximate surface area is 121 Å². The molecule has 108 valence electrons. The zero-order chi connectivity index (χ0) is 15.4. The van der Waals surface area contributed by atoms with E-state index in [9.17, 15) is 10.1 Å². The zero-order valence-corrected chi connectivity index (χ0v) is 11.7. The van der Waals surface area contributed by atoms with Crippen LogP contribution in [-0.4, -0.2) is 23.0 Å². The first-order chi connectivity index (χ1) is 10.1. The van der Waals surface area contributed by atoms with Crippen molar-refractivity contribution in [2.75, 3.05) is 18.0 Å². The van der Waals surface area contributed by atoms with Crippen LogP contribution in [0.3, 0.4) is 0 Å². The summed E-state index contributed by atoms with van der Waals surface area (Å²) in [6, 6.07) is 8.13. The molecular formula is C14H14N4O3. The van der Waals surface area contributed by atoms with Gasteiger partial charge in [-0.25, -0.2) is 0 Å². The summed E-state index contributed by atoms with van der Waals surface area (Å²) in [5.41, 5.74) is 0.290. The minimum Gasteiger partial charge on any atom is -0.419 e. The van der Waals surface area contributed by atoms with Crippen molar-refractivity contribution in [1.82, 2.24) is 4.98 Å². The number of hydrogen-bond donors (Lipinski definition) is 0. The van der Waals surface area contributed by atoms with Crippen molar-refractivity contribution in [2.45, 2.75) is 13.8 Å². The molecule has 0 spiro atoms. The van der Waals surface area contributed by atoms with Gasteiger partial charge in [0, 0.05) is 19.2 Å². The Morgan fingerprint density at radius 2 is 2.05 bits per heavy atom. The second-order valence-corrected chi connectivity index (χ2v) is 4.23. The lowest BCUT2D eigenvalue weighted by Gasteiger charge is -2.16. The highest BCUT2D eigenvalue weighted by Crippen LogP contribution is 2.33. The van der Waals surface area contributed by atoms with Gasteiger partial charge in [0.05, 0.1) is 4.92 Å². The monoisotopic (exact) mass is 286 g/mol. The minimum absolute atomic E-state index is 0.0840. The van der Waals surface area contributed by atoms with Gasteiger partial charge in [-0.3, -0.25) is 10.1 Å². The van der Waals surface area contributed by atoms with E-state index in [0.29, 0.717) is 19.0 Å². The molecule has 2 aromatic rings. The number of nitrogens with zero attached hydrogens (tertiary/aromatic N) is 4. The fourth-order valence-electron chi connectivity index (χ4n) is 2.04. The maximum absolute atomic E-state index is 11.1. The molecule has 1 heterocycles. The van der Waals surface area contributed by atoms with Crippen LogP contribution in [0.1, 0.15) is 19.5 Å². The van der Waals surface area contributed by atoms with Crippen LogP contribution >= 0.6 is 0 Å². The molecule has 7 nitrogen and oxygen atoms in total. The van der Waals surface area contributed by atoms with Gasteiger partial charge in [0.1, 0.15) is 11.6 Å². The number of nitriles is 1. The lowest BCUT2D eigenvalue weighted by Crippen LogP contribution is -2.22. The molecule has 21 heavy (non-hydrogen) atoms. The summed E-state index contributed by atoms with van der Waals surface area (Å²) in [5.74, 6) is 0.427. The number of nitro benzene ring substituents is 1. The summed E-state index contributed by atoms with van der Waals surface area (Å²) in [6.07, 6.45) is 0. The van der Waals surface area contributed by atoms with Gasteiger partial charge in [0.15, 0.2) is 0 Å². The van der Waals surface area contributed by atoms with Crippen LogP contribution in [0.5, 0.6) is 0 Å². The van der Waals surface area contributed by atoms with Crippen LogP contribution in [0.2, 0.25) is 0 Å². The molecule has 1 aromatic heterocycles. The second kappa shape index (κ2) is 6.05. The van der Waals surface area contributed by atoms with Crippen LogP contribution < -0.4 is 4.90 Å². The molecule has 0 atom stereocenters. The van der Waals surface area contributed by atoms with E-state index in [1.165, 1.54) is 6.07 Å². The van der Waals surface area contributed by atoms with E-state index < -0.39 is 4.92 Å². The Kier molecular flexibility index (Phi) is 4.18. The number of nitro groups is 1. The van der Waals surface area contributed by atoms with Crippen LogP contribution in [0.4, 0.5) is 11.6 Å². The molecule has 0 bridgehead atoms. The maximum atomic E-state index is 11.1. The molecule has 7 heteroatoms. The van der Waals surface area contributed by atoms with Crippen molar-refractivity contribution in [3.8, 4) is 17.5 Å². The highest BCUT2D eigenvalue weighted by Gasteiger charge is 2.23. The molecule has 0 saturated heterocycles. The maximum Gasteiger partial charge on any atom is 0.282 e. The third kappa shape index (κ3) is 2.69. The predicted octanol–water partition coefficient (Wildman–Crippen LogP) is 2.97. The molecule has 1 aromatic carbocycles. The smallest absolute Gasteiger partial charge is 0.282 e. The van der Waals surface area contributed by atoms with Crippen molar-refractivity contribution in [1.29, 1.82) is 5.26 Å². The van der Waals surface area contributed by atoms with Gasteiger partial charge in [-0.15, -0.1) is 0 Å². The topological polar surface area (TPSA) is 96.2 Å². The number of aromatic nitrogens is 1. The summed E-state index contributed by atoms with van der Waals surface area (Å²) in [5, 5.41) is 20.2. The van der Waals surface area contributed by atoms with Crippen molar-refractivity contribution in [3.05, 3.63) is 40.1 Å². The van der Waals surface area contributed by atoms with Gasteiger partial charge in [-0.2, -0.15) is 10.2 Å². The quantitative estimate of drug-likeness (QED) is 0.619. The fraction of sp³-hybridized carbons (Fsp3) is 0.286. The van der Waals surface area contributed by atoms with E-state index in [2.05, 4.69) is 4.98 Å². The standard InChI is InChI=1S/C14H14N4O3/c1-3-17(4-2)14-11(9-15)16-13(21-14)10-7-5-6-8-12(10)18(19)20/h5-8H,3-4H2,1-2H3. The number of oxazole rings is 1. The minimum atomic E-state index is -0.497. The average Bonchev–Trinajstić information content (AvgIpc) is 2.92. The first-order valence-corrected chi connectivity index (χ1v) is 6.52. The molecule has 0 aliphatic carbocycles. The Hall–Kier alpha value is -2.88. The molecule has 0 saturated carbocycles. The molecule has 0 amide bonds. The van der Waals surface area contributed by atoms with Crippen LogP contribution in [0.25, 0.3) is 11.5 Å². The predicted molar refractivity (Wildman–Crippen MR) is 76.9 cm³/mol. The molecule has 2 rings (SSSR count). The summed E-state index contributed by atoms with van der Waals surface area (Å²) in [6.45, 7) is 5.16. The Bertz CT molecular complexity index is 698. The van der Waals surface area contributed by atoms with Crippen molar-refractivity contribution in [2.24, 2.45) is 0 Å². The summed E-state index contributed by atoms with van der Waals surface area (Å²) >= 11 is 0. The number of benzene rings is 1. The third-order valence-corrected chi connectivity index (χ3v) is 3.10. The van der Waals surface area contributed by atoms with E-state index >= 15 is 0 Å². The largest absolute Gasteiger partial charge is 0.419 e. The SMILES string of the molecule is CCN(CC)c1oc(-c2ccccc2[N+](=O)[O-])nc1C#N. The Balaban J connectivity index is 2.57. The molecular weight excluding hydrogens is 272 g/mol. The van der Waals surface area contributed by atoms with E-state index in [1.54, 1.807) is 18.2 Å². The van der Waals surface area contributed by atoms with E-state index in [1.807, 2.05) is 24.8 Å². The van der Waals surface area contributed by atoms with Gasteiger partial charge in [-0.1, -0.05) is 12.1 Å². The first-order valence-electron chi connectivity index (χ1n) is 6.52. The molecule has 0 radical (unpaired) electrons.